The number of hydrogen-bond donors (Lipinski definition) is 4. The highest BCUT2D eigenvalue weighted by Gasteiger charge is 2.16. The average molecular weight is 503 g/mol. The van der Waals surface area contributed by atoms with Crippen LogP contribution in [-0.2, 0) is 0 Å². The summed E-state index contributed by atoms with van der Waals surface area (Å²) in [6, 6.07) is 17.1. The van der Waals surface area contributed by atoms with Gasteiger partial charge in [-0.2, -0.15) is 5.26 Å². The number of fused-ring (bicyclic) bond motifs is 1. The van der Waals surface area contributed by atoms with Crippen molar-refractivity contribution in [2.24, 2.45) is 5.73 Å². The van der Waals surface area contributed by atoms with Crippen LogP contribution in [0, 0.1) is 23.7 Å². The Morgan fingerprint density at radius 2 is 1.89 bits per heavy atom. The number of nitriles is 1. The highest BCUT2D eigenvalue weighted by molar-refractivity contribution is 7.98. The molecule has 0 aliphatic carbocycles. The monoisotopic (exact) mass is 502 g/mol. The van der Waals surface area contributed by atoms with Gasteiger partial charge in [0.1, 0.15) is 11.8 Å². The van der Waals surface area contributed by atoms with Crippen molar-refractivity contribution in [1.29, 1.82) is 10.7 Å². The summed E-state index contributed by atoms with van der Waals surface area (Å²) in [6.07, 6.45) is 3.35. The summed E-state index contributed by atoms with van der Waals surface area (Å²) in [6.45, 7) is 1.98. The van der Waals surface area contributed by atoms with Crippen molar-refractivity contribution in [2.75, 3.05) is 11.6 Å². The third-order valence-corrected chi connectivity index (χ3v) is 7.28. The van der Waals surface area contributed by atoms with Crippen molar-refractivity contribution in [3.8, 4) is 11.8 Å². The minimum atomic E-state index is -0.619. The second kappa shape index (κ2) is 11.3. The maximum absolute atomic E-state index is 12.6. The number of aromatic hydroxyl groups is 1. The van der Waals surface area contributed by atoms with E-state index in [1.165, 1.54) is 35.8 Å². The van der Waals surface area contributed by atoms with Crippen molar-refractivity contribution >= 4 is 57.6 Å². The fraction of sp³-hybridized carbons (Fsp3) is 0.0769. The fourth-order valence-corrected chi connectivity index (χ4v) is 5.19. The van der Waals surface area contributed by atoms with Gasteiger partial charge in [0.05, 0.1) is 10.4 Å². The molecule has 0 aliphatic heterocycles. The van der Waals surface area contributed by atoms with Crippen LogP contribution < -0.4 is 11.1 Å². The second-order valence-corrected chi connectivity index (χ2v) is 9.04. The lowest BCUT2D eigenvalue weighted by Gasteiger charge is -2.10. The van der Waals surface area contributed by atoms with Crippen LogP contribution in [0.5, 0.6) is 5.75 Å². The molecule has 0 atom stereocenters. The average Bonchev–Trinajstić information content (AvgIpc) is 3.25. The molecule has 1 heterocycles. The van der Waals surface area contributed by atoms with E-state index in [1.54, 1.807) is 17.8 Å². The van der Waals surface area contributed by atoms with Gasteiger partial charge in [-0.05, 0) is 54.0 Å². The van der Waals surface area contributed by atoms with Gasteiger partial charge >= 0.3 is 0 Å². The highest BCUT2D eigenvalue weighted by Crippen LogP contribution is 2.31. The fourth-order valence-electron chi connectivity index (χ4n) is 3.34. The van der Waals surface area contributed by atoms with Gasteiger partial charge in [-0.3, -0.25) is 9.59 Å². The zero-order valence-electron chi connectivity index (χ0n) is 19.0. The molecule has 4 aromatic rings. The molecule has 7 nitrogen and oxygen atoms in total. The number of benzene rings is 3. The molecular formula is C26H22N4O3S2. The minimum Gasteiger partial charge on any atom is -0.507 e. The third-order valence-electron chi connectivity index (χ3n) is 5.18. The number of amides is 2. The molecule has 0 fully saturated rings. The summed E-state index contributed by atoms with van der Waals surface area (Å²) in [5, 5.41) is 32.0. The molecule has 9 heteroatoms. The highest BCUT2D eigenvalue weighted by atomic mass is 32.2. The number of anilines is 1. The number of nitrogens with zero attached hydrogens (tertiary/aromatic N) is 1. The summed E-state index contributed by atoms with van der Waals surface area (Å²) < 4.78 is 0. The Kier molecular flexibility index (Phi) is 8.25. The number of carbonyl (C=O) groups is 2. The summed E-state index contributed by atoms with van der Waals surface area (Å²) >= 11 is 3.12. The van der Waals surface area contributed by atoms with E-state index in [-0.39, 0.29) is 22.8 Å². The van der Waals surface area contributed by atoms with Crippen LogP contribution >= 0.6 is 23.1 Å². The molecule has 0 aliphatic rings. The van der Waals surface area contributed by atoms with Crippen molar-refractivity contribution in [1.82, 2.24) is 0 Å². The quantitative estimate of drug-likeness (QED) is 0.209. The van der Waals surface area contributed by atoms with Crippen LogP contribution in [0.15, 0.2) is 64.9 Å². The SMILES string of the molecule is CSc1csc(C(=O)Nc2ccc(C=N)c3ccccc23)c1C.N#Cc1cc(C(N)=O)ccc1O. The van der Waals surface area contributed by atoms with Crippen molar-refractivity contribution in [3.63, 3.8) is 0 Å². The van der Waals surface area contributed by atoms with Gasteiger partial charge in [-0.25, -0.2) is 0 Å². The predicted molar refractivity (Wildman–Crippen MR) is 142 cm³/mol. The maximum atomic E-state index is 12.6. The summed E-state index contributed by atoms with van der Waals surface area (Å²) in [4.78, 5) is 25.1. The number of carbonyl (C=O) groups excluding carboxylic acids is 2. The van der Waals surface area contributed by atoms with Crippen LogP contribution in [0.25, 0.3) is 10.8 Å². The molecule has 0 bridgehead atoms. The molecule has 0 saturated carbocycles. The van der Waals surface area contributed by atoms with Crippen molar-refractivity contribution in [2.45, 2.75) is 11.8 Å². The van der Waals surface area contributed by atoms with Crippen LogP contribution in [0.4, 0.5) is 5.69 Å². The Morgan fingerprint density at radius 1 is 1.17 bits per heavy atom. The van der Waals surface area contributed by atoms with E-state index in [0.29, 0.717) is 0 Å². The van der Waals surface area contributed by atoms with Gasteiger partial charge in [0.25, 0.3) is 5.91 Å². The van der Waals surface area contributed by atoms with Crippen LogP contribution in [0.1, 0.15) is 36.7 Å². The number of primary amides is 1. The number of hydrogen-bond acceptors (Lipinski definition) is 7. The van der Waals surface area contributed by atoms with E-state index in [0.717, 1.165) is 37.4 Å². The van der Waals surface area contributed by atoms with Gasteiger partial charge in [-0.15, -0.1) is 23.1 Å². The van der Waals surface area contributed by atoms with Gasteiger partial charge in [0, 0.05) is 33.1 Å². The normalized spacial score (nSPS) is 10.1. The number of nitrogens with one attached hydrogen (secondary N) is 2. The van der Waals surface area contributed by atoms with Crippen molar-refractivity contribution in [3.05, 3.63) is 87.1 Å². The summed E-state index contributed by atoms with van der Waals surface area (Å²) in [7, 11) is 0. The zero-order valence-corrected chi connectivity index (χ0v) is 20.6. The summed E-state index contributed by atoms with van der Waals surface area (Å²) in [5.41, 5.74) is 7.86. The zero-order chi connectivity index (χ0) is 25.5. The Morgan fingerprint density at radius 3 is 2.49 bits per heavy atom. The second-order valence-electron chi connectivity index (χ2n) is 7.31. The van der Waals surface area contributed by atoms with Gasteiger partial charge < -0.3 is 21.6 Å². The van der Waals surface area contributed by atoms with Crippen LogP contribution in [-0.4, -0.2) is 29.4 Å². The van der Waals surface area contributed by atoms with Crippen LogP contribution in [0.3, 0.4) is 0 Å². The molecule has 1 aromatic heterocycles. The number of rotatable bonds is 5. The van der Waals surface area contributed by atoms with Gasteiger partial charge in [-0.1, -0.05) is 30.3 Å². The lowest BCUT2D eigenvalue weighted by atomic mass is 10.0. The van der Waals surface area contributed by atoms with Crippen LogP contribution in [0.2, 0.25) is 0 Å². The van der Waals surface area contributed by atoms with Crippen molar-refractivity contribution < 1.29 is 14.7 Å². The first-order valence-corrected chi connectivity index (χ1v) is 12.4. The molecule has 4 rings (SSSR count). The van der Waals surface area contributed by atoms with E-state index >= 15 is 0 Å². The molecule has 0 spiro atoms. The first-order valence-electron chi connectivity index (χ1n) is 10.3. The van der Waals surface area contributed by atoms with E-state index in [2.05, 4.69) is 5.32 Å². The molecule has 176 valence electrons. The largest absolute Gasteiger partial charge is 0.507 e. The maximum Gasteiger partial charge on any atom is 0.266 e. The Hall–Kier alpha value is -4.13. The Balaban J connectivity index is 0.000000241. The van der Waals surface area contributed by atoms with E-state index < -0.39 is 5.91 Å². The number of phenols is 1. The van der Waals surface area contributed by atoms with E-state index in [4.69, 9.17) is 21.5 Å². The Bertz CT molecular complexity index is 1470. The smallest absolute Gasteiger partial charge is 0.266 e. The number of phenolic OH excluding ortho intramolecular Hbond substituents is 1. The molecule has 3 aromatic carbocycles. The van der Waals surface area contributed by atoms with Gasteiger partial charge in [0.15, 0.2) is 0 Å². The molecular weight excluding hydrogens is 480 g/mol. The first-order chi connectivity index (χ1) is 16.8. The standard InChI is InChI=1S/C18H16N2OS2.C8H6N2O2/c1-11-16(22-2)10-23-17(11)18(21)20-15-8-7-12(9-19)13-5-3-4-6-14(13)15;9-4-6-3-5(8(10)12)1-2-7(6)11/h3-10,19H,1-2H3,(H,20,21);1-3,11H,(H2,10,12). The topological polar surface area (TPSA) is 140 Å². The van der Waals surface area contributed by atoms with E-state index in [9.17, 15) is 9.59 Å². The van der Waals surface area contributed by atoms with E-state index in [1.807, 2.05) is 55.0 Å². The number of nitrogens with two attached hydrogens (primary N) is 1. The molecule has 5 N–H and O–H groups in total. The lowest BCUT2D eigenvalue weighted by molar-refractivity contribution is 0.0997. The molecule has 0 unspecified atom stereocenters. The first kappa shape index (κ1) is 25.5. The summed E-state index contributed by atoms with van der Waals surface area (Å²) in [5.74, 6) is -0.852. The number of thiophene rings is 1. The Labute approximate surface area is 210 Å². The third kappa shape index (κ3) is 5.69. The lowest BCUT2D eigenvalue weighted by Crippen LogP contribution is -2.12. The predicted octanol–water partition coefficient (Wildman–Crippen LogP) is 5.54. The minimum absolute atomic E-state index is 0.0475. The molecule has 0 saturated heterocycles. The molecule has 35 heavy (non-hydrogen) atoms. The van der Waals surface area contributed by atoms with Gasteiger partial charge in [0.2, 0.25) is 5.91 Å². The number of thioether (sulfide) groups is 1. The molecule has 0 radical (unpaired) electrons. The molecule has 2 amide bonds.